The van der Waals surface area contributed by atoms with Gasteiger partial charge in [0.25, 0.3) is 0 Å². The van der Waals surface area contributed by atoms with E-state index in [1.165, 1.54) is 13.0 Å². The van der Waals surface area contributed by atoms with Gasteiger partial charge in [-0.05, 0) is 61.2 Å². The Hall–Kier alpha value is -4.40. The molecule has 1 aliphatic carbocycles. The van der Waals surface area contributed by atoms with E-state index < -0.39 is 5.97 Å². The highest BCUT2D eigenvalue weighted by molar-refractivity contribution is 6.00. The number of ether oxygens (including phenoxy) is 2. The number of nitrogens with zero attached hydrogens (tertiary/aromatic N) is 1. The summed E-state index contributed by atoms with van der Waals surface area (Å²) >= 11 is 0. The van der Waals surface area contributed by atoms with E-state index in [4.69, 9.17) is 9.47 Å². The SMILES string of the molecule is CC(=O)NC1CCCCC1Oc1ccc(Oc2ccc(CC(=O)Nc3ccccc3C(=O)O)cn2)cc1. The number of aromatic carboxylic acids is 1. The highest BCUT2D eigenvalue weighted by atomic mass is 16.5. The van der Waals surface area contributed by atoms with E-state index in [1.54, 1.807) is 48.7 Å². The van der Waals surface area contributed by atoms with Gasteiger partial charge in [-0.15, -0.1) is 0 Å². The standard InChI is InChI=1S/C28H29N3O6/c1-18(32)30-24-8-4-5-9-25(24)36-20-11-13-21(14-12-20)37-27-15-10-19(17-29-27)16-26(33)31-23-7-3-2-6-22(23)28(34)35/h2-3,6-7,10-15,17,24-25H,4-5,8-9,16H2,1H3,(H,30,32)(H,31,33)(H,34,35). The first-order valence-corrected chi connectivity index (χ1v) is 12.2. The van der Waals surface area contributed by atoms with Crippen molar-refractivity contribution >= 4 is 23.5 Å². The molecule has 0 saturated heterocycles. The summed E-state index contributed by atoms with van der Waals surface area (Å²) in [6, 6.07) is 16.9. The van der Waals surface area contributed by atoms with E-state index in [2.05, 4.69) is 15.6 Å². The maximum atomic E-state index is 12.4. The number of rotatable bonds is 9. The fraction of sp³-hybridized carbons (Fsp3) is 0.286. The van der Waals surface area contributed by atoms with E-state index in [0.717, 1.165) is 25.7 Å². The summed E-state index contributed by atoms with van der Waals surface area (Å²) in [5.41, 5.74) is 0.928. The van der Waals surface area contributed by atoms with Crippen LogP contribution in [-0.4, -0.2) is 40.0 Å². The van der Waals surface area contributed by atoms with Crippen LogP contribution >= 0.6 is 0 Å². The number of hydrogen-bond acceptors (Lipinski definition) is 6. The fourth-order valence-electron chi connectivity index (χ4n) is 4.28. The lowest BCUT2D eigenvalue weighted by Gasteiger charge is -2.32. The molecule has 1 aliphatic rings. The summed E-state index contributed by atoms with van der Waals surface area (Å²) in [7, 11) is 0. The zero-order valence-corrected chi connectivity index (χ0v) is 20.5. The van der Waals surface area contributed by atoms with Gasteiger partial charge in [0.05, 0.1) is 23.7 Å². The van der Waals surface area contributed by atoms with Crippen molar-refractivity contribution in [3.05, 3.63) is 78.0 Å². The number of aromatic nitrogens is 1. The summed E-state index contributed by atoms with van der Waals surface area (Å²) < 4.78 is 11.9. The van der Waals surface area contributed by atoms with Crippen molar-refractivity contribution in [3.63, 3.8) is 0 Å². The Balaban J connectivity index is 1.30. The second kappa shape index (κ2) is 12.0. The minimum absolute atomic E-state index is 0.0129. The van der Waals surface area contributed by atoms with Crippen LogP contribution in [0.3, 0.4) is 0 Å². The second-order valence-corrected chi connectivity index (χ2v) is 8.90. The van der Waals surface area contributed by atoms with Crippen LogP contribution in [0.5, 0.6) is 17.4 Å². The second-order valence-electron chi connectivity index (χ2n) is 8.90. The monoisotopic (exact) mass is 503 g/mol. The molecule has 0 bridgehead atoms. The average Bonchev–Trinajstić information content (AvgIpc) is 2.87. The smallest absolute Gasteiger partial charge is 0.337 e. The zero-order valence-electron chi connectivity index (χ0n) is 20.5. The first-order valence-electron chi connectivity index (χ1n) is 12.2. The van der Waals surface area contributed by atoms with Gasteiger partial charge in [-0.3, -0.25) is 9.59 Å². The number of anilines is 1. The minimum Gasteiger partial charge on any atom is -0.488 e. The molecule has 2 atom stereocenters. The van der Waals surface area contributed by atoms with Gasteiger partial charge < -0.3 is 25.2 Å². The predicted molar refractivity (Wildman–Crippen MR) is 137 cm³/mol. The first-order chi connectivity index (χ1) is 17.9. The Bertz CT molecular complexity index is 1240. The van der Waals surface area contributed by atoms with Crippen molar-refractivity contribution in [1.82, 2.24) is 10.3 Å². The fourth-order valence-corrected chi connectivity index (χ4v) is 4.28. The highest BCUT2D eigenvalue weighted by Gasteiger charge is 2.27. The van der Waals surface area contributed by atoms with Crippen molar-refractivity contribution in [1.29, 1.82) is 0 Å². The van der Waals surface area contributed by atoms with Crippen LogP contribution < -0.4 is 20.1 Å². The number of pyridine rings is 1. The molecule has 1 heterocycles. The number of para-hydroxylation sites is 1. The maximum Gasteiger partial charge on any atom is 0.337 e. The van der Waals surface area contributed by atoms with E-state index >= 15 is 0 Å². The lowest BCUT2D eigenvalue weighted by Crippen LogP contribution is -2.46. The Labute approximate surface area is 214 Å². The van der Waals surface area contributed by atoms with Gasteiger partial charge in [-0.1, -0.05) is 24.6 Å². The topological polar surface area (TPSA) is 127 Å². The van der Waals surface area contributed by atoms with E-state index in [1.807, 2.05) is 12.1 Å². The maximum absolute atomic E-state index is 12.4. The Morgan fingerprint density at radius 1 is 0.973 bits per heavy atom. The van der Waals surface area contributed by atoms with Gasteiger partial charge in [-0.25, -0.2) is 9.78 Å². The summed E-state index contributed by atoms with van der Waals surface area (Å²) in [5, 5.41) is 14.9. The molecular formula is C28H29N3O6. The number of nitrogens with one attached hydrogen (secondary N) is 2. The predicted octanol–water partition coefficient (Wildman–Crippen LogP) is 4.58. The Morgan fingerprint density at radius 3 is 2.41 bits per heavy atom. The van der Waals surface area contributed by atoms with Crippen molar-refractivity contribution in [2.75, 3.05) is 5.32 Å². The zero-order chi connectivity index (χ0) is 26.2. The summed E-state index contributed by atoms with van der Waals surface area (Å²) in [6.45, 7) is 1.52. The van der Waals surface area contributed by atoms with Gasteiger partial charge >= 0.3 is 5.97 Å². The summed E-state index contributed by atoms with van der Waals surface area (Å²) in [5.74, 6) is 0.144. The number of carbonyl (C=O) groups is 3. The third-order valence-electron chi connectivity index (χ3n) is 6.02. The largest absolute Gasteiger partial charge is 0.488 e. The number of amides is 2. The number of benzene rings is 2. The van der Waals surface area contributed by atoms with Crippen LogP contribution in [0, 0.1) is 0 Å². The van der Waals surface area contributed by atoms with Crippen molar-refractivity contribution in [2.24, 2.45) is 0 Å². The third-order valence-corrected chi connectivity index (χ3v) is 6.02. The number of carboxylic acids is 1. The van der Waals surface area contributed by atoms with Crippen molar-refractivity contribution in [3.8, 4) is 17.4 Å². The Kier molecular flexibility index (Phi) is 8.35. The van der Waals surface area contributed by atoms with Crippen LogP contribution in [0.1, 0.15) is 48.5 Å². The highest BCUT2D eigenvalue weighted by Crippen LogP contribution is 2.27. The van der Waals surface area contributed by atoms with Crippen LogP contribution in [0.2, 0.25) is 0 Å². The third kappa shape index (κ3) is 7.30. The van der Waals surface area contributed by atoms with Crippen LogP contribution in [0.15, 0.2) is 66.9 Å². The number of hydrogen-bond donors (Lipinski definition) is 3. The summed E-state index contributed by atoms with van der Waals surface area (Å²) in [6.07, 6.45) is 5.46. The van der Waals surface area contributed by atoms with Crippen LogP contribution in [-0.2, 0) is 16.0 Å². The molecule has 3 N–H and O–H groups in total. The van der Waals surface area contributed by atoms with Crippen molar-refractivity contribution < 1.29 is 29.0 Å². The molecule has 1 saturated carbocycles. The van der Waals surface area contributed by atoms with E-state index in [0.29, 0.717) is 22.9 Å². The molecule has 1 fully saturated rings. The first kappa shape index (κ1) is 25.7. The quantitative estimate of drug-likeness (QED) is 0.390. The molecule has 3 aromatic rings. The molecule has 9 heteroatoms. The molecular weight excluding hydrogens is 474 g/mol. The van der Waals surface area contributed by atoms with Gasteiger partial charge in [0.1, 0.15) is 17.6 Å². The molecule has 9 nitrogen and oxygen atoms in total. The van der Waals surface area contributed by atoms with Gasteiger partial charge in [0.2, 0.25) is 17.7 Å². The molecule has 2 aromatic carbocycles. The molecule has 37 heavy (non-hydrogen) atoms. The number of carbonyl (C=O) groups excluding carboxylic acids is 2. The molecule has 2 amide bonds. The molecule has 192 valence electrons. The molecule has 4 rings (SSSR count). The lowest BCUT2D eigenvalue weighted by molar-refractivity contribution is -0.120. The minimum atomic E-state index is -1.11. The number of carboxylic acid groups (broad SMARTS) is 1. The van der Waals surface area contributed by atoms with Gasteiger partial charge in [0.15, 0.2) is 0 Å². The van der Waals surface area contributed by atoms with E-state index in [-0.39, 0.29) is 41.6 Å². The van der Waals surface area contributed by atoms with Crippen molar-refractivity contribution in [2.45, 2.75) is 51.2 Å². The van der Waals surface area contributed by atoms with E-state index in [9.17, 15) is 19.5 Å². The van der Waals surface area contributed by atoms with Gasteiger partial charge in [0, 0.05) is 19.2 Å². The summed E-state index contributed by atoms with van der Waals surface area (Å²) in [4.78, 5) is 39.4. The molecule has 0 spiro atoms. The average molecular weight is 504 g/mol. The molecule has 2 unspecified atom stereocenters. The van der Waals surface area contributed by atoms with Crippen LogP contribution in [0.4, 0.5) is 5.69 Å². The molecule has 0 radical (unpaired) electrons. The Morgan fingerprint density at radius 2 is 1.70 bits per heavy atom. The molecule has 1 aromatic heterocycles. The van der Waals surface area contributed by atoms with Gasteiger partial charge in [-0.2, -0.15) is 0 Å². The normalized spacial score (nSPS) is 16.9. The molecule has 0 aliphatic heterocycles. The van der Waals surface area contributed by atoms with Crippen LogP contribution in [0.25, 0.3) is 0 Å². The lowest BCUT2D eigenvalue weighted by atomic mass is 9.92.